The van der Waals surface area contributed by atoms with Gasteiger partial charge in [0.05, 0.1) is 18.4 Å². The summed E-state index contributed by atoms with van der Waals surface area (Å²) >= 11 is 0. The molecule has 5 rings (SSSR count). The zero-order chi connectivity index (χ0) is 52.5. The molecule has 2 heterocycles. The van der Waals surface area contributed by atoms with Crippen LogP contribution in [0.3, 0.4) is 0 Å². The number of fused-ring (bicyclic) bond motifs is 1. The fourth-order valence-corrected chi connectivity index (χ4v) is 7.99. The van der Waals surface area contributed by atoms with E-state index in [2.05, 4.69) is 57.2 Å². The Morgan fingerprint density at radius 1 is 0.644 bits per heavy atom. The van der Waals surface area contributed by atoms with Gasteiger partial charge in [0.1, 0.15) is 30.5 Å². The summed E-state index contributed by atoms with van der Waals surface area (Å²) in [6.45, 7) is 0.255. The van der Waals surface area contributed by atoms with Crippen molar-refractivity contribution in [3.63, 3.8) is 0 Å². The number of guanidine groups is 1. The minimum absolute atomic E-state index is 0.0102. The SMILES string of the molecule is CNC(CCNC(=O)CCC(NC(=O)CCc1ccccc1)C(=O)N[C@@H](Cc1cnc[nH]1)C(=O)NC(Cc1ccccc1)C(=O)N[C@H](C=O)CCCN=C(N)N)C(=O)N[C@@H](Cc1c[nH]c2ccccc12)C(N)=O. The highest BCUT2D eigenvalue weighted by atomic mass is 16.2. The highest BCUT2D eigenvalue weighted by molar-refractivity contribution is 5.95. The predicted molar refractivity (Wildman–Crippen MR) is 274 cm³/mol. The summed E-state index contributed by atoms with van der Waals surface area (Å²) in [4.78, 5) is 121. The highest BCUT2D eigenvalue weighted by Crippen LogP contribution is 2.19. The van der Waals surface area contributed by atoms with Gasteiger partial charge < -0.3 is 69.2 Å². The van der Waals surface area contributed by atoms with Crippen LogP contribution < -0.4 is 54.4 Å². The molecule has 5 aromatic rings. The van der Waals surface area contributed by atoms with Gasteiger partial charge in [-0.25, -0.2) is 4.98 Å². The summed E-state index contributed by atoms with van der Waals surface area (Å²) in [5.74, 6) is -4.50. The van der Waals surface area contributed by atoms with Gasteiger partial charge in [0.25, 0.3) is 0 Å². The van der Waals surface area contributed by atoms with Crippen molar-refractivity contribution in [2.45, 2.75) is 100 Å². The molecular weight excluding hydrogens is 937 g/mol. The molecule has 388 valence electrons. The topological polar surface area (TPSA) is 356 Å². The molecule has 0 spiro atoms. The van der Waals surface area contributed by atoms with Crippen LogP contribution in [-0.4, -0.2) is 125 Å². The molecular formula is C51H66N14O8. The predicted octanol–water partition coefficient (Wildman–Crippen LogP) is -0.412. The number of carbonyl (C=O) groups is 8. The number of hydrogen-bond donors (Lipinski definition) is 12. The number of imidazole rings is 1. The number of para-hydroxylation sites is 1. The number of nitrogens with zero attached hydrogens (tertiary/aromatic N) is 2. The smallest absolute Gasteiger partial charge is 0.243 e. The number of primary amides is 1. The number of benzene rings is 3. The Kier molecular flexibility index (Phi) is 22.1. The number of aliphatic imine (C=N–C) groups is 1. The second-order valence-corrected chi connectivity index (χ2v) is 17.4. The largest absolute Gasteiger partial charge is 0.370 e. The van der Waals surface area contributed by atoms with Crippen molar-refractivity contribution in [2.24, 2.45) is 22.2 Å². The molecule has 0 saturated heterocycles. The molecule has 0 saturated carbocycles. The number of rotatable bonds is 31. The van der Waals surface area contributed by atoms with Crippen molar-refractivity contribution >= 4 is 64.5 Å². The lowest BCUT2D eigenvalue weighted by molar-refractivity contribution is -0.134. The fraction of sp³-hybridized carbons (Fsp3) is 0.373. The van der Waals surface area contributed by atoms with E-state index in [4.69, 9.17) is 17.2 Å². The number of aryl methyl sites for hydroxylation is 1. The van der Waals surface area contributed by atoms with Crippen LogP contribution in [-0.2, 0) is 64.0 Å². The van der Waals surface area contributed by atoms with Crippen LogP contribution >= 0.6 is 0 Å². The van der Waals surface area contributed by atoms with Crippen molar-refractivity contribution < 1.29 is 38.4 Å². The quantitative estimate of drug-likeness (QED) is 0.0117. The number of nitrogens with two attached hydrogens (primary N) is 3. The van der Waals surface area contributed by atoms with Crippen molar-refractivity contribution in [3.05, 3.63) is 126 Å². The lowest BCUT2D eigenvalue weighted by Crippen LogP contribution is -2.58. The lowest BCUT2D eigenvalue weighted by atomic mass is 10.0. The third kappa shape index (κ3) is 18.7. The summed E-state index contributed by atoms with van der Waals surface area (Å²) in [6, 6.07) is 19.1. The number of nitrogens with one attached hydrogen (secondary N) is 9. The number of aromatic amines is 2. The molecule has 73 heavy (non-hydrogen) atoms. The van der Waals surface area contributed by atoms with Gasteiger partial charge in [0.2, 0.25) is 41.4 Å². The van der Waals surface area contributed by atoms with E-state index in [9.17, 15) is 38.4 Å². The van der Waals surface area contributed by atoms with E-state index >= 15 is 0 Å². The second-order valence-electron chi connectivity index (χ2n) is 17.4. The van der Waals surface area contributed by atoms with Crippen LogP contribution in [0.15, 0.2) is 109 Å². The molecule has 22 heteroatoms. The molecule has 3 aromatic carbocycles. The van der Waals surface area contributed by atoms with Gasteiger partial charge in [-0.05, 0) is 61.9 Å². The van der Waals surface area contributed by atoms with E-state index in [-0.39, 0.29) is 70.4 Å². The maximum absolute atomic E-state index is 14.3. The van der Waals surface area contributed by atoms with Crippen LogP contribution in [0.25, 0.3) is 10.9 Å². The number of H-pyrrole nitrogens is 2. The van der Waals surface area contributed by atoms with Crippen LogP contribution in [0.4, 0.5) is 0 Å². The van der Waals surface area contributed by atoms with Gasteiger partial charge in [-0.15, -0.1) is 0 Å². The van der Waals surface area contributed by atoms with Gasteiger partial charge in [0.15, 0.2) is 5.96 Å². The molecule has 0 radical (unpaired) electrons. The third-order valence-electron chi connectivity index (χ3n) is 12.0. The summed E-state index contributed by atoms with van der Waals surface area (Å²) in [5.41, 5.74) is 20.2. The molecule has 0 aliphatic rings. The van der Waals surface area contributed by atoms with E-state index in [0.29, 0.717) is 30.4 Å². The first-order chi connectivity index (χ1) is 35.2. The zero-order valence-corrected chi connectivity index (χ0v) is 40.7. The molecule has 0 fully saturated rings. The standard InChI is InChI=1S/C51H66N14O8/c1-55-39(47(70)63-41(46(52)69)26-34-28-59-38-17-9-8-16-37(34)38)22-24-57-44(67)21-19-40(62-45(68)20-18-32-11-4-2-5-12-32)48(71)65-43(27-36-29-56-31-60-36)50(73)64-42(25-33-13-6-3-7-14-33)49(72)61-35(30-66)15-10-23-58-51(53)54/h2-9,11-14,16-17,28-31,35,39-43,55,59H,10,15,18-27H2,1H3,(H2,52,69)(H,56,60)(H,57,67)(H,61,72)(H,62,68)(H,63,70)(H,64,73)(H,65,71)(H4,53,54,58)/t35-,39?,40?,41-,42?,43-/m0/s1. The summed E-state index contributed by atoms with van der Waals surface area (Å²) < 4.78 is 0. The Labute approximate surface area is 422 Å². The normalized spacial score (nSPS) is 13.4. The first-order valence-electron chi connectivity index (χ1n) is 24.1. The molecule has 15 N–H and O–H groups in total. The van der Waals surface area contributed by atoms with Gasteiger partial charge in [0, 0.05) is 74.2 Å². The molecule has 3 unspecified atom stereocenters. The van der Waals surface area contributed by atoms with Crippen LogP contribution in [0, 0.1) is 0 Å². The number of carbonyl (C=O) groups excluding carboxylic acids is 8. The monoisotopic (exact) mass is 1000 g/mol. The molecule has 0 aliphatic heterocycles. The number of aromatic nitrogens is 3. The Bertz CT molecular complexity index is 2620. The molecule has 2 aromatic heterocycles. The van der Waals surface area contributed by atoms with Gasteiger partial charge in [-0.1, -0.05) is 78.9 Å². The van der Waals surface area contributed by atoms with Gasteiger partial charge in [-0.2, -0.15) is 0 Å². The van der Waals surface area contributed by atoms with Crippen molar-refractivity contribution in [1.82, 2.24) is 52.2 Å². The molecule has 7 amide bonds. The molecule has 6 atom stereocenters. The highest BCUT2D eigenvalue weighted by Gasteiger charge is 2.32. The molecule has 0 aliphatic carbocycles. The Hall–Kier alpha value is -8.40. The van der Waals surface area contributed by atoms with Gasteiger partial charge >= 0.3 is 0 Å². The first-order valence-corrected chi connectivity index (χ1v) is 24.1. The van der Waals surface area contributed by atoms with Crippen molar-refractivity contribution in [1.29, 1.82) is 0 Å². The maximum atomic E-state index is 14.3. The van der Waals surface area contributed by atoms with Crippen LogP contribution in [0.2, 0.25) is 0 Å². The number of amides is 7. The Morgan fingerprint density at radius 3 is 1.93 bits per heavy atom. The van der Waals surface area contributed by atoms with Crippen molar-refractivity contribution in [2.75, 3.05) is 20.1 Å². The molecule has 0 bridgehead atoms. The number of aldehydes is 1. The maximum Gasteiger partial charge on any atom is 0.243 e. The first kappa shape index (κ1) is 55.5. The number of likely N-dealkylation sites (N-methyl/N-ethyl adjacent to an activating group) is 1. The average Bonchev–Trinajstić information content (AvgIpc) is 4.06. The van der Waals surface area contributed by atoms with E-state index in [1.807, 2.05) is 54.6 Å². The zero-order valence-electron chi connectivity index (χ0n) is 40.7. The lowest BCUT2D eigenvalue weighted by Gasteiger charge is -2.26. The summed E-state index contributed by atoms with van der Waals surface area (Å²) in [5, 5.41) is 20.2. The van der Waals surface area contributed by atoms with Crippen LogP contribution in [0.1, 0.15) is 60.9 Å². The summed E-state index contributed by atoms with van der Waals surface area (Å²) in [6.07, 6.45) is 5.93. The van der Waals surface area contributed by atoms with E-state index in [1.54, 1.807) is 43.6 Å². The minimum atomic E-state index is -1.33. The molecule has 22 nitrogen and oxygen atoms in total. The summed E-state index contributed by atoms with van der Waals surface area (Å²) in [7, 11) is 1.57. The number of hydrogen-bond acceptors (Lipinski definition) is 11. The minimum Gasteiger partial charge on any atom is -0.370 e. The fourth-order valence-electron chi connectivity index (χ4n) is 7.99. The van der Waals surface area contributed by atoms with Crippen LogP contribution in [0.5, 0.6) is 0 Å². The third-order valence-corrected chi connectivity index (χ3v) is 12.0. The van der Waals surface area contributed by atoms with Crippen molar-refractivity contribution in [3.8, 4) is 0 Å². The second kappa shape index (κ2) is 29.1. The van der Waals surface area contributed by atoms with E-state index < -0.39 is 77.6 Å². The van der Waals surface area contributed by atoms with E-state index in [0.717, 1.165) is 22.0 Å². The average molecular weight is 1000 g/mol. The Morgan fingerprint density at radius 2 is 1.27 bits per heavy atom. The van der Waals surface area contributed by atoms with Gasteiger partial charge in [-0.3, -0.25) is 38.6 Å². The Balaban J connectivity index is 1.25. The van der Waals surface area contributed by atoms with E-state index in [1.165, 1.54) is 12.5 Å².